The predicted molar refractivity (Wildman–Crippen MR) is 97.6 cm³/mol. The van der Waals surface area contributed by atoms with Crippen molar-refractivity contribution in [1.82, 2.24) is 9.97 Å². The van der Waals surface area contributed by atoms with Crippen molar-refractivity contribution in [3.05, 3.63) is 74.2 Å². The number of rotatable bonds is 5. The molecule has 0 atom stereocenters. The lowest BCUT2D eigenvalue weighted by Crippen LogP contribution is -2.03. The summed E-state index contributed by atoms with van der Waals surface area (Å²) in [6, 6.07) is 10.5. The zero-order valence-electron chi connectivity index (χ0n) is 12.8. The minimum atomic E-state index is -0.665. The minimum absolute atomic E-state index is 0.111. The number of hydrogen-bond donors (Lipinski definition) is 1. The van der Waals surface area contributed by atoms with Crippen LogP contribution in [0.4, 0.5) is 21.6 Å². The topological polar surface area (TPSA) is 90.2 Å². The molecule has 0 spiro atoms. The Balaban J connectivity index is 1.96. The molecule has 0 aliphatic rings. The van der Waals surface area contributed by atoms with Crippen molar-refractivity contribution >= 4 is 44.7 Å². The van der Waals surface area contributed by atoms with Gasteiger partial charge in [0.25, 0.3) is 0 Å². The van der Waals surface area contributed by atoms with Crippen LogP contribution >= 0.6 is 27.5 Å². The van der Waals surface area contributed by atoms with Gasteiger partial charge in [0.2, 0.25) is 5.82 Å². The van der Waals surface area contributed by atoms with Crippen LogP contribution in [0, 0.1) is 15.9 Å². The van der Waals surface area contributed by atoms with Crippen molar-refractivity contribution < 1.29 is 14.1 Å². The van der Waals surface area contributed by atoms with E-state index in [-0.39, 0.29) is 16.7 Å². The maximum absolute atomic E-state index is 13.3. The van der Waals surface area contributed by atoms with Gasteiger partial charge in [0, 0.05) is 10.2 Å². The van der Waals surface area contributed by atoms with Crippen molar-refractivity contribution in [2.45, 2.75) is 0 Å². The maximum Gasteiger partial charge on any atom is 0.373 e. The van der Waals surface area contributed by atoms with Gasteiger partial charge in [0.1, 0.15) is 17.9 Å². The quantitative estimate of drug-likeness (QED) is 0.418. The van der Waals surface area contributed by atoms with Gasteiger partial charge in [-0.1, -0.05) is 27.5 Å². The van der Waals surface area contributed by atoms with Crippen LogP contribution in [0.3, 0.4) is 0 Å². The fourth-order valence-corrected chi connectivity index (χ4v) is 2.46. The molecule has 2 aromatic carbocycles. The lowest BCUT2D eigenvalue weighted by atomic mass is 10.3. The van der Waals surface area contributed by atoms with E-state index >= 15 is 0 Å². The SMILES string of the molecule is O=[N+]([O-])c1c(Nc2ccc(F)c(Cl)c2)ncnc1Oc1ccc(Br)cc1. The second-order valence-corrected chi connectivity index (χ2v) is 6.27. The standard InChI is InChI=1S/C16H9BrClFN4O3/c17-9-1-4-11(5-2-9)26-16-14(23(24)25)15(20-8-21-16)22-10-3-6-13(19)12(18)7-10/h1-8H,(H,20,21,22). The summed E-state index contributed by atoms with van der Waals surface area (Å²) in [6.07, 6.45) is 1.12. The molecule has 1 aromatic heterocycles. The highest BCUT2D eigenvalue weighted by Crippen LogP contribution is 2.36. The summed E-state index contributed by atoms with van der Waals surface area (Å²) in [4.78, 5) is 18.6. The average Bonchev–Trinajstić information content (AvgIpc) is 2.60. The van der Waals surface area contributed by atoms with E-state index in [1.54, 1.807) is 24.3 Å². The molecule has 132 valence electrons. The van der Waals surface area contributed by atoms with E-state index in [0.29, 0.717) is 11.4 Å². The molecule has 1 N–H and O–H groups in total. The third-order valence-electron chi connectivity index (χ3n) is 3.18. The lowest BCUT2D eigenvalue weighted by molar-refractivity contribution is -0.385. The number of nitrogens with one attached hydrogen (secondary N) is 1. The smallest absolute Gasteiger partial charge is 0.373 e. The van der Waals surface area contributed by atoms with Gasteiger partial charge in [0.15, 0.2) is 0 Å². The van der Waals surface area contributed by atoms with Crippen LogP contribution in [0.2, 0.25) is 5.02 Å². The van der Waals surface area contributed by atoms with E-state index in [9.17, 15) is 14.5 Å². The molecular formula is C16H9BrClFN4O3. The highest BCUT2D eigenvalue weighted by molar-refractivity contribution is 9.10. The van der Waals surface area contributed by atoms with Gasteiger partial charge in [-0.05, 0) is 42.5 Å². The summed E-state index contributed by atoms with van der Waals surface area (Å²) >= 11 is 9.01. The number of halogens is 3. The van der Waals surface area contributed by atoms with Gasteiger partial charge >= 0.3 is 11.6 Å². The summed E-state index contributed by atoms with van der Waals surface area (Å²) in [5.74, 6) is -0.581. The largest absolute Gasteiger partial charge is 0.434 e. The van der Waals surface area contributed by atoms with Gasteiger partial charge in [-0.3, -0.25) is 10.1 Å². The number of ether oxygens (including phenoxy) is 1. The molecule has 3 aromatic rings. The molecule has 1 heterocycles. The highest BCUT2D eigenvalue weighted by atomic mass is 79.9. The molecule has 0 saturated heterocycles. The van der Waals surface area contributed by atoms with Crippen molar-refractivity contribution in [2.75, 3.05) is 5.32 Å². The molecule has 0 aliphatic heterocycles. The molecule has 0 unspecified atom stereocenters. The number of aromatic nitrogens is 2. The Bertz CT molecular complexity index is 972. The molecule has 0 fully saturated rings. The first kappa shape index (κ1) is 18.0. The van der Waals surface area contributed by atoms with Crippen LogP contribution in [-0.2, 0) is 0 Å². The molecule has 0 bridgehead atoms. The second kappa shape index (κ2) is 7.63. The van der Waals surface area contributed by atoms with Gasteiger partial charge < -0.3 is 10.1 Å². The van der Waals surface area contributed by atoms with E-state index in [2.05, 4.69) is 31.2 Å². The normalized spacial score (nSPS) is 10.4. The maximum atomic E-state index is 13.3. The number of benzene rings is 2. The molecule has 0 amide bonds. The Morgan fingerprint density at radius 3 is 2.58 bits per heavy atom. The van der Waals surface area contributed by atoms with Crippen LogP contribution in [0.1, 0.15) is 0 Å². The molecule has 7 nitrogen and oxygen atoms in total. The monoisotopic (exact) mass is 438 g/mol. The number of anilines is 2. The summed E-state index contributed by atoms with van der Waals surface area (Å²) in [5, 5.41) is 14.1. The zero-order valence-corrected chi connectivity index (χ0v) is 15.2. The molecule has 0 saturated carbocycles. The molecule has 26 heavy (non-hydrogen) atoms. The van der Waals surface area contributed by atoms with Crippen LogP contribution in [0.15, 0.2) is 53.3 Å². The Labute approximate surface area is 160 Å². The fraction of sp³-hybridized carbons (Fsp3) is 0. The minimum Gasteiger partial charge on any atom is -0.434 e. The third-order valence-corrected chi connectivity index (χ3v) is 4.00. The zero-order chi connectivity index (χ0) is 18.7. The first-order chi connectivity index (χ1) is 12.4. The van der Waals surface area contributed by atoms with Crippen LogP contribution < -0.4 is 10.1 Å². The second-order valence-electron chi connectivity index (χ2n) is 4.94. The van der Waals surface area contributed by atoms with E-state index in [4.69, 9.17) is 16.3 Å². The Morgan fingerprint density at radius 1 is 1.19 bits per heavy atom. The van der Waals surface area contributed by atoms with E-state index in [1.807, 2.05) is 0 Å². The van der Waals surface area contributed by atoms with Crippen LogP contribution in [-0.4, -0.2) is 14.9 Å². The Morgan fingerprint density at radius 2 is 1.92 bits per heavy atom. The molecular weight excluding hydrogens is 431 g/mol. The predicted octanol–water partition coefficient (Wildman–Crippen LogP) is 5.48. The number of nitro groups is 1. The Kier molecular flexibility index (Phi) is 5.29. The van der Waals surface area contributed by atoms with Crippen molar-refractivity contribution in [3.63, 3.8) is 0 Å². The summed E-state index contributed by atoms with van der Waals surface area (Å²) in [5.41, 5.74) is -0.136. The average molecular weight is 440 g/mol. The first-order valence-electron chi connectivity index (χ1n) is 7.09. The summed E-state index contributed by atoms with van der Waals surface area (Å²) in [7, 11) is 0. The van der Waals surface area contributed by atoms with Crippen LogP contribution in [0.25, 0.3) is 0 Å². The molecule has 3 rings (SSSR count). The van der Waals surface area contributed by atoms with E-state index in [0.717, 1.165) is 16.9 Å². The van der Waals surface area contributed by atoms with E-state index < -0.39 is 16.4 Å². The number of nitrogens with zero attached hydrogens (tertiary/aromatic N) is 3. The van der Waals surface area contributed by atoms with Crippen molar-refractivity contribution in [1.29, 1.82) is 0 Å². The fourth-order valence-electron chi connectivity index (χ4n) is 2.02. The van der Waals surface area contributed by atoms with Gasteiger partial charge in [-0.2, -0.15) is 4.98 Å². The lowest BCUT2D eigenvalue weighted by Gasteiger charge is -2.10. The van der Waals surface area contributed by atoms with Gasteiger partial charge in [-0.15, -0.1) is 0 Å². The Hall–Kier alpha value is -2.78. The summed E-state index contributed by atoms with van der Waals surface area (Å²) in [6.45, 7) is 0. The molecule has 10 heteroatoms. The van der Waals surface area contributed by atoms with Gasteiger partial charge in [-0.25, -0.2) is 9.37 Å². The summed E-state index contributed by atoms with van der Waals surface area (Å²) < 4.78 is 19.6. The first-order valence-corrected chi connectivity index (χ1v) is 8.26. The van der Waals surface area contributed by atoms with Crippen LogP contribution in [0.5, 0.6) is 11.6 Å². The van der Waals surface area contributed by atoms with Crippen molar-refractivity contribution in [2.24, 2.45) is 0 Å². The molecule has 0 aliphatic carbocycles. The van der Waals surface area contributed by atoms with Crippen molar-refractivity contribution in [3.8, 4) is 11.6 Å². The molecule has 0 radical (unpaired) electrons. The third kappa shape index (κ3) is 4.06. The number of hydrogen-bond acceptors (Lipinski definition) is 6. The van der Waals surface area contributed by atoms with E-state index in [1.165, 1.54) is 12.1 Å². The highest BCUT2D eigenvalue weighted by Gasteiger charge is 2.25. The van der Waals surface area contributed by atoms with Gasteiger partial charge in [0.05, 0.1) is 9.95 Å².